The highest BCUT2D eigenvalue weighted by Crippen LogP contribution is 2.21. The first kappa shape index (κ1) is 17.6. The molecule has 1 aliphatic rings. The Morgan fingerprint density at radius 1 is 1.22 bits per heavy atom. The molecule has 0 saturated carbocycles. The van der Waals surface area contributed by atoms with E-state index >= 15 is 0 Å². The van der Waals surface area contributed by atoms with Crippen molar-refractivity contribution < 1.29 is 9.90 Å². The normalized spacial score (nSPS) is 17.7. The van der Waals surface area contributed by atoms with E-state index in [0.717, 1.165) is 18.8 Å². The highest BCUT2D eigenvalue weighted by Gasteiger charge is 2.25. The van der Waals surface area contributed by atoms with Gasteiger partial charge in [-0.15, -0.1) is 0 Å². The number of benzene rings is 1. The van der Waals surface area contributed by atoms with Crippen LogP contribution >= 0.6 is 0 Å². The maximum Gasteiger partial charge on any atom is 0.319 e. The van der Waals surface area contributed by atoms with Crippen LogP contribution in [0, 0.1) is 5.92 Å². The number of carbonyl (C=O) groups is 1. The Kier molecular flexibility index (Phi) is 5.88. The van der Waals surface area contributed by atoms with E-state index in [0.29, 0.717) is 0 Å². The third kappa shape index (κ3) is 5.13. The molecular formula is C18H29N3O2. The lowest BCUT2D eigenvalue weighted by Crippen LogP contribution is -2.45. The average molecular weight is 319 g/mol. The molecule has 128 valence electrons. The monoisotopic (exact) mass is 319 g/mol. The van der Waals surface area contributed by atoms with Crippen molar-refractivity contribution >= 4 is 17.4 Å². The first-order valence-electron chi connectivity index (χ1n) is 8.51. The second-order valence-electron chi connectivity index (χ2n) is 6.91. The summed E-state index contributed by atoms with van der Waals surface area (Å²) in [6.07, 6.45) is 3.81. The molecule has 0 aromatic heterocycles. The SMILES string of the molecule is CC(C)C(C)(O)CNC(=O)Nc1ccc(N2CCCCC2)cc1. The van der Waals surface area contributed by atoms with Crippen LogP contribution in [0.1, 0.15) is 40.0 Å². The molecule has 0 spiro atoms. The quantitative estimate of drug-likeness (QED) is 0.781. The van der Waals surface area contributed by atoms with Gasteiger partial charge in [0, 0.05) is 31.0 Å². The van der Waals surface area contributed by atoms with Crippen molar-refractivity contribution in [2.75, 3.05) is 29.9 Å². The van der Waals surface area contributed by atoms with Crippen LogP contribution in [-0.4, -0.2) is 36.4 Å². The first-order valence-corrected chi connectivity index (χ1v) is 8.51. The third-order valence-corrected chi connectivity index (χ3v) is 4.70. The summed E-state index contributed by atoms with van der Waals surface area (Å²) in [5.74, 6) is 0.0756. The van der Waals surface area contributed by atoms with Crippen molar-refractivity contribution in [1.82, 2.24) is 5.32 Å². The molecule has 5 heteroatoms. The molecule has 1 aromatic rings. The number of piperidine rings is 1. The fraction of sp³-hybridized carbons (Fsp3) is 0.611. The summed E-state index contributed by atoms with van der Waals surface area (Å²) < 4.78 is 0. The Labute approximate surface area is 139 Å². The molecule has 1 saturated heterocycles. The van der Waals surface area contributed by atoms with Crippen LogP contribution in [0.2, 0.25) is 0 Å². The number of carbonyl (C=O) groups excluding carboxylic acids is 1. The highest BCUT2D eigenvalue weighted by molar-refractivity contribution is 5.89. The second kappa shape index (κ2) is 7.68. The maximum atomic E-state index is 11.9. The van der Waals surface area contributed by atoms with Crippen molar-refractivity contribution in [2.24, 2.45) is 5.92 Å². The van der Waals surface area contributed by atoms with Gasteiger partial charge in [-0.25, -0.2) is 4.79 Å². The summed E-state index contributed by atoms with van der Waals surface area (Å²) in [5, 5.41) is 15.7. The van der Waals surface area contributed by atoms with E-state index in [1.807, 2.05) is 38.1 Å². The zero-order valence-electron chi connectivity index (χ0n) is 14.4. The van der Waals surface area contributed by atoms with Crippen molar-refractivity contribution in [3.63, 3.8) is 0 Å². The predicted octanol–water partition coefficient (Wildman–Crippen LogP) is 3.21. The van der Waals surface area contributed by atoms with Crippen molar-refractivity contribution in [3.8, 4) is 0 Å². The summed E-state index contributed by atoms with van der Waals surface area (Å²) in [4.78, 5) is 14.3. The Morgan fingerprint density at radius 2 is 1.83 bits per heavy atom. The Hall–Kier alpha value is -1.75. The number of anilines is 2. The van der Waals surface area contributed by atoms with Gasteiger partial charge in [0.15, 0.2) is 0 Å². The molecule has 5 nitrogen and oxygen atoms in total. The van der Waals surface area contributed by atoms with Gasteiger partial charge in [0.25, 0.3) is 0 Å². The van der Waals surface area contributed by atoms with Crippen molar-refractivity contribution in [3.05, 3.63) is 24.3 Å². The minimum Gasteiger partial charge on any atom is -0.388 e. The number of hydrogen-bond acceptors (Lipinski definition) is 3. The van der Waals surface area contributed by atoms with E-state index in [2.05, 4.69) is 15.5 Å². The van der Waals surface area contributed by atoms with Gasteiger partial charge in [-0.05, 0) is 56.4 Å². The van der Waals surface area contributed by atoms with E-state index in [-0.39, 0.29) is 18.5 Å². The summed E-state index contributed by atoms with van der Waals surface area (Å²) in [6, 6.07) is 7.64. The van der Waals surface area contributed by atoms with Crippen LogP contribution in [0.4, 0.5) is 16.2 Å². The number of nitrogens with zero attached hydrogens (tertiary/aromatic N) is 1. The van der Waals surface area contributed by atoms with Gasteiger partial charge in [-0.2, -0.15) is 0 Å². The fourth-order valence-electron chi connectivity index (χ4n) is 2.55. The third-order valence-electron chi connectivity index (χ3n) is 4.70. The predicted molar refractivity (Wildman–Crippen MR) is 95.0 cm³/mol. The second-order valence-corrected chi connectivity index (χ2v) is 6.91. The van der Waals surface area contributed by atoms with E-state index in [4.69, 9.17) is 0 Å². The number of nitrogens with one attached hydrogen (secondary N) is 2. The molecule has 23 heavy (non-hydrogen) atoms. The molecule has 1 aromatic carbocycles. The average Bonchev–Trinajstić information content (AvgIpc) is 2.54. The van der Waals surface area contributed by atoms with Crippen LogP contribution in [0.5, 0.6) is 0 Å². The van der Waals surface area contributed by atoms with Crippen LogP contribution in [0.15, 0.2) is 24.3 Å². The fourth-order valence-corrected chi connectivity index (χ4v) is 2.55. The largest absolute Gasteiger partial charge is 0.388 e. The van der Waals surface area contributed by atoms with Crippen LogP contribution < -0.4 is 15.5 Å². The van der Waals surface area contributed by atoms with E-state index in [9.17, 15) is 9.90 Å². The molecule has 0 bridgehead atoms. The minimum atomic E-state index is -0.907. The summed E-state index contributed by atoms with van der Waals surface area (Å²) in [5.41, 5.74) is 1.06. The Bertz CT molecular complexity index is 506. The van der Waals surface area contributed by atoms with Gasteiger partial charge in [0.2, 0.25) is 0 Å². The minimum absolute atomic E-state index is 0.0756. The van der Waals surface area contributed by atoms with Gasteiger partial charge in [0.1, 0.15) is 0 Å². The van der Waals surface area contributed by atoms with Crippen LogP contribution in [0.3, 0.4) is 0 Å². The van der Waals surface area contributed by atoms with Crippen LogP contribution in [0.25, 0.3) is 0 Å². The standard InChI is InChI=1S/C18H29N3O2/c1-14(2)18(3,23)13-19-17(22)20-15-7-9-16(10-8-15)21-11-5-4-6-12-21/h7-10,14,23H,4-6,11-13H2,1-3H3,(H2,19,20,22). The van der Waals surface area contributed by atoms with Gasteiger partial charge in [-0.3, -0.25) is 0 Å². The van der Waals surface area contributed by atoms with Gasteiger partial charge in [0.05, 0.1) is 5.60 Å². The summed E-state index contributed by atoms with van der Waals surface area (Å²) in [6.45, 7) is 8.03. The molecule has 1 atom stereocenters. The molecule has 0 aliphatic carbocycles. The lowest BCUT2D eigenvalue weighted by Gasteiger charge is -2.29. The molecule has 1 aliphatic heterocycles. The summed E-state index contributed by atoms with van der Waals surface area (Å²) >= 11 is 0. The van der Waals surface area contributed by atoms with E-state index in [1.54, 1.807) is 6.92 Å². The number of aliphatic hydroxyl groups is 1. The first-order chi connectivity index (χ1) is 10.9. The highest BCUT2D eigenvalue weighted by atomic mass is 16.3. The maximum absolute atomic E-state index is 11.9. The number of rotatable bonds is 5. The number of amides is 2. The van der Waals surface area contributed by atoms with Crippen molar-refractivity contribution in [1.29, 1.82) is 0 Å². The molecule has 2 rings (SSSR count). The van der Waals surface area contributed by atoms with E-state index < -0.39 is 5.60 Å². The molecule has 1 heterocycles. The van der Waals surface area contributed by atoms with Gasteiger partial charge in [-0.1, -0.05) is 13.8 Å². The lowest BCUT2D eigenvalue weighted by molar-refractivity contribution is 0.0170. The van der Waals surface area contributed by atoms with E-state index in [1.165, 1.54) is 24.9 Å². The van der Waals surface area contributed by atoms with Gasteiger partial charge >= 0.3 is 6.03 Å². The number of hydrogen-bond donors (Lipinski definition) is 3. The summed E-state index contributed by atoms with van der Waals surface area (Å²) in [7, 11) is 0. The van der Waals surface area contributed by atoms with Crippen LogP contribution in [-0.2, 0) is 0 Å². The topological polar surface area (TPSA) is 64.6 Å². The zero-order valence-corrected chi connectivity index (χ0v) is 14.4. The molecule has 0 radical (unpaired) electrons. The molecule has 3 N–H and O–H groups in total. The molecular weight excluding hydrogens is 290 g/mol. The van der Waals surface area contributed by atoms with Gasteiger partial charge < -0.3 is 20.6 Å². The number of urea groups is 1. The molecule has 1 fully saturated rings. The smallest absolute Gasteiger partial charge is 0.319 e. The lowest BCUT2D eigenvalue weighted by atomic mass is 9.93. The zero-order chi connectivity index (χ0) is 16.9. The van der Waals surface area contributed by atoms with Crippen molar-refractivity contribution in [2.45, 2.75) is 45.6 Å². The molecule has 1 unspecified atom stereocenters. The molecule has 2 amide bonds. The Balaban J connectivity index is 1.84. The Morgan fingerprint density at radius 3 is 2.39 bits per heavy atom.